The molecule has 2 rings (SSSR count). The Labute approximate surface area is 128 Å². The highest BCUT2D eigenvalue weighted by Crippen LogP contribution is 2.36. The Hall–Kier alpha value is -0.800. The number of nitrogen functional groups attached to an aromatic ring is 2. The van der Waals surface area contributed by atoms with E-state index in [0.717, 1.165) is 11.1 Å². The van der Waals surface area contributed by atoms with Crippen LogP contribution in [-0.2, 0) is 0 Å². The molecule has 2 aromatic rings. The van der Waals surface area contributed by atoms with E-state index in [0.29, 0.717) is 21.4 Å². The molecule has 0 saturated carbocycles. The molecular weight excluding hydrogens is 314 g/mol. The summed E-state index contributed by atoms with van der Waals surface area (Å²) in [5.41, 5.74) is 14.5. The van der Waals surface area contributed by atoms with Gasteiger partial charge in [-0.15, -0.1) is 24.8 Å². The molecule has 0 aliphatic heterocycles. The van der Waals surface area contributed by atoms with Crippen LogP contribution in [0.5, 0.6) is 0 Å². The fourth-order valence-electron chi connectivity index (χ4n) is 1.52. The van der Waals surface area contributed by atoms with Crippen molar-refractivity contribution in [2.45, 2.75) is 0 Å². The third-order valence-electron chi connectivity index (χ3n) is 2.32. The number of rotatable bonds is 1. The number of hydrogen-bond donors (Lipinski definition) is 2. The van der Waals surface area contributed by atoms with E-state index in [1.807, 2.05) is 12.1 Å². The number of hydrogen-bond acceptors (Lipinski definition) is 2. The van der Waals surface area contributed by atoms with Gasteiger partial charge in [-0.1, -0.05) is 35.3 Å². The smallest absolute Gasteiger partial charge is 0.0671 e. The molecule has 2 aromatic carbocycles. The van der Waals surface area contributed by atoms with Gasteiger partial charge in [-0.3, -0.25) is 0 Å². The highest BCUT2D eigenvalue weighted by atomic mass is 35.5. The van der Waals surface area contributed by atoms with E-state index in [1.54, 1.807) is 24.3 Å². The van der Waals surface area contributed by atoms with E-state index in [1.165, 1.54) is 0 Å². The normalized spacial score (nSPS) is 9.22. The first-order valence-corrected chi connectivity index (χ1v) is 5.44. The fourth-order valence-corrected chi connectivity index (χ4v) is 1.92. The molecule has 0 saturated heterocycles. The maximum Gasteiger partial charge on any atom is 0.0671 e. The molecule has 0 aromatic heterocycles. The fraction of sp³-hybridized carbons (Fsp3) is 0. The lowest BCUT2D eigenvalue weighted by molar-refractivity contribution is 1.60. The van der Waals surface area contributed by atoms with Gasteiger partial charge in [-0.2, -0.15) is 0 Å². The third kappa shape index (κ3) is 3.36. The summed E-state index contributed by atoms with van der Waals surface area (Å²) >= 11 is 12.1. The molecule has 98 valence electrons. The third-order valence-corrected chi connectivity index (χ3v) is 3.14. The van der Waals surface area contributed by atoms with Crippen LogP contribution >= 0.6 is 48.0 Å². The lowest BCUT2D eigenvalue weighted by Gasteiger charge is -2.09. The molecule has 0 aliphatic rings. The van der Waals surface area contributed by atoms with Crippen molar-refractivity contribution in [3.8, 4) is 11.1 Å². The largest absolute Gasteiger partial charge is 0.399 e. The van der Waals surface area contributed by atoms with Gasteiger partial charge in [0.25, 0.3) is 0 Å². The van der Waals surface area contributed by atoms with Crippen molar-refractivity contribution in [1.82, 2.24) is 0 Å². The molecule has 0 amide bonds. The van der Waals surface area contributed by atoms with Crippen LogP contribution in [0.1, 0.15) is 0 Å². The van der Waals surface area contributed by atoms with Crippen molar-refractivity contribution in [1.29, 1.82) is 0 Å². The van der Waals surface area contributed by atoms with E-state index < -0.39 is 0 Å². The minimum atomic E-state index is 0. The van der Waals surface area contributed by atoms with Gasteiger partial charge in [0.1, 0.15) is 0 Å². The van der Waals surface area contributed by atoms with Gasteiger partial charge in [0, 0.05) is 22.5 Å². The second kappa shape index (κ2) is 6.95. The molecule has 0 spiro atoms. The van der Waals surface area contributed by atoms with Crippen LogP contribution in [0.4, 0.5) is 11.4 Å². The van der Waals surface area contributed by atoms with E-state index in [4.69, 9.17) is 34.7 Å². The van der Waals surface area contributed by atoms with Gasteiger partial charge < -0.3 is 11.5 Å². The summed E-state index contributed by atoms with van der Waals surface area (Å²) in [5.74, 6) is 0. The Balaban J connectivity index is 0.00000144. The zero-order valence-corrected chi connectivity index (χ0v) is 12.3. The number of halogens is 4. The van der Waals surface area contributed by atoms with Gasteiger partial charge in [-0.05, 0) is 24.3 Å². The molecule has 4 N–H and O–H groups in total. The Morgan fingerprint density at radius 3 is 2.17 bits per heavy atom. The van der Waals surface area contributed by atoms with Crippen LogP contribution in [0.25, 0.3) is 11.1 Å². The van der Waals surface area contributed by atoms with Crippen LogP contribution in [0.15, 0.2) is 36.4 Å². The summed E-state index contributed by atoms with van der Waals surface area (Å²) < 4.78 is 0. The highest BCUT2D eigenvalue weighted by Gasteiger charge is 2.09. The summed E-state index contributed by atoms with van der Waals surface area (Å²) in [5, 5.41) is 0.988. The average molecular weight is 326 g/mol. The topological polar surface area (TPSA) is 52.0 Å². The Morgan fingerprint density at radius 1 is 0.833 bits per heavy atom. The maximum absolute atomic E-state index is 6.12. The van der Waals surface area contributed by atoms with Crippen LogP contribution in [0.3, 0.4) is 0 Å². The Morgan fingerprint density at radius 2 is 1.50 bits per heavy atom. The van der Waals surface area contributed by atoms with Crippen molar-refractivity contribution >= 4 is 59.4 Å². The van der Waals surface area contributed by atoms with Crippen molar-refractivity contribution in [2.24, 2.45) is 0 Å². The molecule has 0 radical (unpaired) electrons. The minimum Gasteiger partial charge on any atom is -0.399 e. The molecule has 18 heavy (non-hydrogen) atoms. The highest BCUT2D eigenvalue weighted by molar-refractivity contribution is 6.43. The lowest BCUT2D eigenvalue weighted by atomic mass is 10.0. The SMILES string of the molecule is Cl.Cl.Nc1ccc(N)c(-c2cccc(Cl)c2Cl)c1. The summed E-state index contributed by atoms with van der Waals surface area (Å²) in [7, 11) is 0. The van der Waals surface area contributed by atoms with Gasteiger partial charge in [0.2, 0.25) is 0 Å². The maximum atomic E-state index is 6.12. The predicted octanol–water partition coefficient (Wildman–Crippen LogP) is 4.67. The molecule has 0 heterocycles. The first-order valence-electron chi connectivity index (χ1n) is 4.69. The van der Waals surface area contributed by atoms with Crippen molar-refractivity contribution in [3.63, 3.8) is 0 Å². The molecule has 0 bridgehead atoms. The first kappa shape index (κ1) is 17.2. The van der Waals surface area contributed by atoms with Crippen molar-refractivity contribution < 1.29 is 0 Å². The first-order chi connectivity index (χ1) is 7.59. The number of anilines is 2. The molecular formula is C12H12Cl4N2. The summed E-state index contributed by atoms with van der Waals surface area (Å²) in [6, 6.07) is 10.7. The van der Waals surface area contributed by atoms with Crippen LogP contribution < -0.4 is 11.5 Å². The van der Waals surface area contributed by atoms with Crippen LogP contribution in [0, 0.1) is 0 Å². The summed E-state index contributed by atoms with van der Waals surface area (Å²) in [6.45, 7) is 0. The standard InChI is InChI=1S/C12H10Cl2N2.2ClH/c13-10-3-1-2-8(12(10)14)9-6-7(15)4-5-11(9)16;;/h1-6H,15-16H2;2*1H. The quantitative estimate of drug-likeness (QED) is 0.749. The van der Waals surface area contributed by atoms with E-state index >= 15 is 0 Å². The van der Waals surface area contributed by atoms with Crippen molar-refractivity contribution in [3.05, 3.63) is 46.4 Å². The summed E-state index contributed by atoms with van der Waals surface area (Å²) in [6.07, 6.45) is 0. The van der Waals surface area contributed by atoms with Crippen LogP contribution in [-0.4, -0.2) is 0 Å². The molecule has 0 unspecified atom stereocenters. The Bertz CT molecular complexity index is 544. The average Bonchev–Trinajstić information content (AvgIpc) is 2.26. The minimum absolute atomic E-state index is 0. The zero-order valence-electron chi connectivity index (χ0n) is 9.19. The van der Waals surface area contributed by atoms with E-state index in [-0.39, 0.29) is 24.8 Å². The van der Waals surface area contributed by atoms with Gasteiger partial charge in [0.15, 0.2) is 0 Å². The Kier molecular flexibility index (Phi) is 6.64. The molecule has 0 aliphatic carbocycles. The van der Waals surface area contributed by atoms with E-state index in [2.05, 4.69) is 0 Å². The molecule has 2 nitrogen and oxygen atoms in total. The second-order valence-corrected chi connectivity index (χ2v) is 4.23. The molecule has 6 heteroatoms. The van der Waals surface area contributed by atoms with Gasteiger partial charge in [0.05, 0.1) is 10.0 Å². The molecule has 0 fully saturated rings. The van der Waals surface area contributed by atoms with Gasteiger partial charge in [-0.25, -0.2) is 0 Å². The van der Waals surface area contributed by atoms with Gasteiger partial charge >= 0.3 is 0 Å². The predicted molar refractivity (Wildman–Crippen MR) is 85.2 cm³/mol. The zero-order chi connectivity index (χ0) is 11.7. The number of benzene rings is 2. The van der Waals surface area contributed by atoms with Crippen molar-refractivity contribution in [2.75, 3.05) is 11.5 Å². The summed E-state index contributed by atoms with van der Waals surface area (Å²) in [4.78, 5) is 0. The van der Waals surface area contributed by atoms with E-state index in [9.17, 15) is 0 Å². The number of nitrogens with two attached hydrogens (primary N) is 2. The van der Waals surface area contributed by atoms with Crippen LogP contribution in [0.2, 0.25) is 10.0 Å². The second-order valence-electron chi connectivity index (χ2n) is 3.45. The molecule has 0 atom stereocenters. The monoisotopic (exact) mass is 324 g/mol. The lowest BCUT2D eigenvalue weighted by Crippen LogP contribution is -1.93.